The van der Waals surface area contributed by atoms with E-state index in [0.29, 0.717) is 16.8 Å². The molecule has 3 aromatic carbocycles. The minimum Gasteiger partial charge on any atom is -0.304 e. The van der Waals surface area contributed by atoms with E-state index in [1.54, 1.807) is 24.3 Å². The van der Waals surface area contributed by atoms with Gasteiger partial charge < -0.3 is 4.90 Å². The Morgan fingerprint density at radius 3 is 2.14 bits per heavy atom. The van der Waals surface area contributed by atoms with Crippen molar-refractivity contribution < 1.29 is 35.9 Å². The third kappa shape index (κ3) is 3.82. The molecular formula is C25H16F6N2O2S. The van der Waals surface area contributed by atoms with Gasteiger partial charge in [-0.15, -0.1) is 11.8 Å². The number of carbonyl (C=O) groups is 2. The topological polar surface area (TPSA) is 40.6 Å². The molecule has 0 radical (unpaired) electrons. The van der Waals surface area contributed by atoms with Gasteiger partial charge in [0, 0.05) is 11.3 Å². The lowest BCUT2D eigenvalue weighted by atomic mass is 10.0. The maximum atomic E-state index is 13.9. The van der Waals surface area contributed by atoms with Crippen LogP contribution < -0.4 is 9.80 Å². The minimum absolute atomic E-state index is 0.0700. The lowest BCUT2D eigenvalue weighted by molar-refractivity contribution is -0.138. The summed E-state index contributed by atoms with van der Waals surface area (Å²) in [5, 5.41) is 0. The van der Waals surface area contributed by atoms with E-state index < -0.39 is 40.2 Å². The Hall–Kier alpha value is -3.47. The number of nitrogens with zero attached hydrogens (tertiary/aromatic N) is 2. The van der Waals surface area contributed by atoms with Crippen LogP contribution in [0, 0.1) is 0 Å². The van der Waals surface area contributed by atoms with Crippen LogP contribution in [0.4, 0.5) is 37.7 Å². The van der Waals surface area contributed by atoms with Crippen molar-refractivity contribution in [3.05, 3.63) is 95.1 Å². The number of thioether (sulfide) groups is 1. The quantitative estimate of drug-likeness (QED) is 0.385. The van der Waals surface area contributed by atoms with Gasteiger partial charge in [-0.2, -0.15) is 26.3 Å². The highest BCUT2D eigenvalue weighted by Crippen LogP contribution is 2.56. The third-order valence-corrected chi connectivity index (χ3v) is 7.50. The first kappa shape index (κ1) is 24.2. The van der Waals surface area contributed by atoms with Crippen LogP contribution in [0.5, 0.6) is 0 Å². The van der Waals surface area contributed by atoms with Gasteiger partial charge in [-0.25, -0.2) is 0 Å². The number of alkyl halides is 6. The molecule has 2 aliphatic heterocycles. The van der Waals surface area contributed by atoms with Crippen molar-refractivity contribution in [1.29, 1.82) is 0 Å². The van der Waals surface area contributed by atoms with Crippen LogP contribution in [0.1, 0.15) is 22.3 Å². The summed E-state index contributed by atoms with van der Waals surface area (Å²) in [6.45, 7) is -0.0824. The lowest BCUT2D eigenvalue weighted by Gasteiger charge is -2.33. The van der Waals surface area contributed by atoms with Crippen molar-refractivity contribution >= 4 is 35.0 Å². The summed E-state index contributed by atoms with van der Waals surface area (Å²) in [7, 11) is 0. The van der Waals surface area contributed by atoms with E-state index in [2.05, 4.69) is 0 Å². The number of hydrogen-bond donors (Lipinski definition) is 0. The second-order valence-corrected chi connectivity index (χ2v) is 9.48. The van der Waals surface area contributed by atoms with Gasteiger partial charge in [-0.1, -0.05) is 36.4 Å². The highest BCUT2D eigenvalue weighted by molar-refractivity contribution is 8.02. The van der Waals surface area contributed by atoms with Crippen molar-refractivity contribution in [2.24, 2.45) is 0 Å². The van der Waals surface area contributed by atoms with Crippen molar-refractivity contribution in [3.63, 3.8) is 0 Å². The predicted molar refractivity (Wildman–Crippen MR) is 122 cm³/mol. The fraction of sp³-hybridized carbons (Fsp3) is 0.200. The maximum absolute atomic E-state index is 13.9. The van der Waals surface area contributed by atoms with E-state index in [9.17, 15) is 35.9 Å². The second kappa shape index (κ2) is 8.29. The molecule has 2 amide bonds. The highest BCUT2D eigenvalue weighted by atomic mass is 32.2. The number of para-hydroxylation sites is 1. The number of halogens is 6. The zero-order valence-electron chi connectivity index (χ0n) is 18.2. The van der Waals surface area contributed by atoms with Crippen molar-refractivity contribution in [2.75, 3.05) is 15.6 Å². The van der Waals surface area contributed by atoms with E-state index in [0.717, 1.165) is 40.9 Å². The predicted octanol–water partition coefficient (Wildman–Crippen LogP) is 6.20. The Morgan fingerprint density at radius 2 is 1.47 bits per heavy atom. The molecule has 1 spiro atoms. The summed E-state index contributed by atoms with van der Waals surface area (Å²) in [5.41, 5.74) is -0.581. The molecule has 4 nitrogen and oxygen atoms in total. The van der Waals surface area contributed by atoms with Gasteiger partial charge in [0.05, 0.1) is 29.1 Å². The van der Waals surface area contributed by atoms with Crippen LogP contribution in [0.15, 0.2) is 72.8 Å². The summed E-state index contributed by atoms with van der Waals surface area (Å²) in [6.07, 6.45) is -9.16. The number of amides is 2. The number of carbonyl (C=O) groups excluding carboxylic acids is 2. The van der Waals surface area contributed by atoms with Gasteiger partial charge >= 0.3 is 12.4 Å². The molecule has 1 atom stereocenters. The van der Waals surface area contributed by atoms with Gasteiger partial charge in [-0.05, 0) is 42.0 Å². The SMILES string of the molecule is O=C1CS[C@]2(C(=O)N(Cc3ccc(C(F)(F)F)cc3)c3ccccc32)N1c1cccc(C(F)(F)F)c1. The molecule has 0 saturated carbocycles. The number of fused-ring (bicyclic) bond motifs is 2. The normalized spacial score (nSPS) is 19.9. The van der Waals surface area contributed by atoms with Crippen LogP contribution in [-0.4, -0.2) is 17.6 Å². The zero-order chi connectivity index (χ0) is 25.9. The molecule has 11 heteroatoms. The summed E-state index contributed by atoms with van der Waals surface area (Å²) in [6, 6.07) is 15.2. The summed E-state index contributed by atoms with van der Waals surface area (Å²) in [4.78, 5) is 27.7. The van der Waals surface area contributed by atoms with Crippen LogP contribution in [0.25, 0.3) is 0 Å². The van der Waals surface area contributed by atoms with E-state index in [4.69, 9.17) is 0 Å². The Kier molecular flexibility index (Phi) is 5.58. The summed E-state index contributed by atoms with van der Waals surface area (Å²) in [5.74, 6) is -1.22. The molecule has 1 fully saturated rings. The molecule has 3 aromatic rings. The Balaban J connectivity index is 1.57. The fourth-order valence-corrected chi connectivity index (χ4v) is 5.87. The minimum atomic E-state index is -4.65. The molecule has 0 aliphatic carbocycles. The first-order chi connectivity index (χ1) is 16.9. The first-order valence-electron chi connectivity index (χ1n) is 10.6. The highest BCUT2D eigenvalue weighted by Gasteiger charge is 2.61. The smallest absolute Gasteiger partial charge is 0.304 e. The maximum Gasteiger partial charge on any atom is 0.416 e. The molecule has 0 N–H and O–H groups in total. The van der Waals surface area contributed by atoms with Gasteiger partial charge in [-0.3, -0.25) is 14.5 Å². The Morgan fingerprint density at radius 1 is 0.806 bits per heavy atom. The number of rotatable bonds is 3. The molecule has 0 aromatic heterocycles. The van der Waals surface area contributed by atoms with Gasteiger partial charge in [0.2, 0.25) is 10.8 Å². The van der Waals surface area contributed by atoms with Gasteiger partial charge in [0.25, 0.3) is 5.91 Å². The number of anilines is 2. The van der Waals surface area contributed by atoms with Gasteiger partial charge in [0.1, 0.15) is 0 Å². The molecule has 0 unspecified atom stereocenters. The van der Waals surface area contributed by atoms with Crippen LogP contribution in [0.2, 0.25) is 0 Å². The average molecular weight is 522 g/mol. The standard InChI is InChI=1S/C25H16F6N2O2S/c26-24(27,28)16-10-8-15(9-11-16)13-32-20-7-2-1-6-19(20)23(22(32)35)33(21(34)14-36-23)18-5-3-4-17(12-18)25(29,30)31/h1-12H,13-14H2/t23-/m1/s1. The summed E-state index contributed by atoms with van der Waals surface area (Å²) >= 11 is 1.00. The zero-order valence-corrected chi connectivity index (χ0v) is 19.0. The molecule has 1 saturated heterocycles. The molecule has 0 bridgehead atoms. The largest absolute Gasteiger partial charge is 0.416 e. The number of benzene rings is 3. The van der Waals surface area contributed by atoms with E-state index in [-0.39, 0.29) is 18.0 Å². The van der Waals surface area contributed by atoms with Crippen molar-refractivity contribution in [2.45, 2.75) is 23.8 Å². The van der Waals surface area contributed by atoms with E-state index in [1.165, 1.54) is 29.2 Å². The monoisotopic (exact) mass is 522 g/mol. The Bertz CT molecular complexity index is 1360. The lowest BCUT2D eigenvalue weighted by Crippen LogP contribution is -2.49. The molecule has 5 rings (SSSR count). The fourth-order valence-electron chi connectivity index (χ4n) is 4.52. The molecule has 36 heavy (non-hydrogen) atoms. The van der Waals surface area contributed by atoms with E-state index in [1.807, 2.05) is 0 Å². The molecule has 186 valence electrons. The Labute approximate surface area is 205 Å². The van der Waals surface area contributed by atoms with Gasteiger partial charge in [0.15, 0.2) is 0 Å². The first-order valence-corrected chi connectivity index (χ1v) is 11.6. The van der Waals surface area contributed by atoms with Crippen molar-refractivity contribution in [1.82, 2.24) is 0 Å². The molecule has 2 aliphatic rings. The molecule has 2 heterocycles. The van der Waals surface area contributed by atoms with Crippen LogP contribution >= 0.6 is 11.8 Å². The van der Waals surface area contributed by atoms with Crippen molar-refractivity contribution in [3.8, 4) is 0 Å². The second-order valence-electron chi connectivity index (χ2n) is 8.31. The van der Waals surface area contributed by atoms with Crippen LogP contribution in [0.3, 0.4) is 0 Å². The number of hydrogen-bond acceptors (Lipinski definition) is 3. The van der Waals surface area contributed by atoms with Crippen LogP contribution in [-0.2, 0) is 33.4 Å². The third-order valence-electron chi connectivity index (χ3n) is 6.12. The summed E-state index contributed by atoms with van der Waals surface area (Å²) < 4.78 is 79.0. The molecular weight excluding hydrogens is 506 g/mol. The average Bonchev–Trinajstić information content (AvgIpc) is 3.29. The van der Waals surface area contributed by atoms with E-state index >= 15 is 0 Å².